The van der Waals surface area contributed by atoms with Crippen LogP contribution >= 0.6 is 0 Å². The van der Waals surface area contributed by atoms with Gasteiger partial charge in [-0.2, -0.15) is 0 Å². The molecule has 0 aromatic heterocycles. The third-order valence-corrected chi connectivity index (χ3v) is 10.3. The Labute approximate surface area is 313 Å². The number of piperidine rings is 1. The van der Waals surface area contributed by atoms with Crippen LogP contribution < -0.4 is 27.4 Å². The number of nitrogens with one attached hydrogen (secondary N) is 3. The number of hydrogen-bond donors (Lipinski definition) is 6. The lowest BCUT2D eigenvalue weighted by Gasteiger charge is -2.39. The second-order valence-electron chi connectivity index (χ2n) is 14.9. The minimum Gasteiger partial charge on any atom is -0.480 e. The topological polar surface area (TPSA) is 200 Å². The molecule has 0 bridgehead atoms. The van der Waals surface area contributed by atoms with Crippen LogP contribution in [0.1, 0.15) is 76.3 Å². The first-order chi connectivity index (χ1) is 25.5. The van der Waals surface area contributed by atoms with Gasteiger partial charge < -0.3 is 37.4 Å². The molecule has 2 aromatic carbocycles. The number of rotatable bonds is 19. The minimum atomic E-state index is -1.01. The molecule has 5 atom stereocenters. The first-order valence-corrected chi connectivity index (χ1v) is 19.2. The number of carboxylic acids is 1. The lowest BCUT2D eigenvalue weighted by Crippen LogP contribution is -2.59. The van der Waals surface area contributed by atoms with E-state index in [0.29, 0.717) is 71.0 Å². The molecule has 0 radical (unpaired) electrons. The van der Waals surface area contributed by atoms with Crippen molar-refractivity contribution in [1.82, 2.24) is 25.8 Å². The summed E-state index contributed by atoms with van der Waals surface area (Å²) in [4.78, 5) is 70.8. The highest BCUT2D eigenvalue weighted by atomic mass is 16.4. The van der Waals surface area contributed by atoms with Crippen LogP contribution in [0.3, 0.4) is 0 Å². The molecule has 2 aliphatic heterocycles. The summed E-state index contributed by atoms with van der Waals surface area (Å²) in [5, 5.41) is 18.4. The second kappa shape index (κ2) is 20.8. The zero-order valence-electron chi connectivity index (χ0n) is 31.3. The normalized spacial score (nSPS) is 18.9. The van der Waals surface area contributed by atoms with Crippen molar-refractivity contribution in [2.75, 3.05) is 26.2 Å². The molecule has 4 amide bonds. The summed E-state index contributed by atoms with van der Waals surface area (Å²) in [7, 11) is 0. The summed E-state index contributed by atoms with van der Waals surface area (Å²) >= 11 is 0. The third-order valence-electron chi connectivity index (χ3n) is 10.3. The highest BCUT2D eigenvalue weighted by Crippen LogP contribution is 2.27. The zero-order valence-corrected chi connectivity index (χ0v) is 31.3. The van der Waals surface area contributed by atoms with E-state index in [4.69, 9.17) is 11.5 Å². The predicted octanol–water partition coefficient (Wildman–Crippen LogP) is 1.97. The first kappa shape index (κ1) is 41.4. The molecule has 2 aromatic rings. The first-order valence-electron chi connectivity index (χ1n) is 19.2. The Hall–Kier alpha value is -4.33. The number of carboxylic acid groups (broad SMARTS) is 1. The van der Waals surface area contributed by atoms with Crippen LogP contribution in [0.5, 0.6) is 0 Å². The molecular weight excluding hydrogens is 674 g/mol. The van der Waals surface area contributed by atoms with E-state index in [2.05, 4.69) is 20.9 Å². The Bertz CT molecular complexity index is 1480. The second-order valence-corrected chi connectivity index (χ2v) is 14.9. The van der Waals surface area contributed by atoms with Gasteiger partial charge in [-0.15, -0.1) is 0 Å². The monoisotopic (exact) mass is 733 g/mol. The maximum atomic E-state index is 14.0. The van der Waals surface area contributed by atoms with Crippen LogP contribution in [-0.4, -0.2) is 107 Å². The summed E-state index contributed by atoms with van der Waals surface area (Å²) in [5.74, 6) is -2.44. The summed E-state index contributed by atoms with van der Waals surface area (Å²) < 4.78 is 0. The van der Waals surface area contributed by atoms with E-state index in [1.165, 1.54) is 0 Å². The average Bonchev–Trinajstić information content (AvgIpc) is 3.65. The van der Waals surface area contributed by atoms with E-state index in [1.807, 2.05) is 74.5 Å². The van der Waals surface area contributed by atoms with Crippen LogP contribution in [0.25, 0.3) is 0 Å². The summed E-state index contributed by atoms with van der Waals surface area (Å²) in [6.07, 6.45) is 5.31. The molecular formula is C40H59N7O6. The number of nitrogens with two attached hydrogens (primary N) is 2. The molecule has 290 valence electrons. The van der Waals surface area contributed by atoms with Gasteiger partial charge in [0.05, 0.1) is 6.04 Å². The molecule has 0 spiro atoms. The molecule has 2 aliphatic rings. The lowest BCUT2D eigenvalue weighted by atomic mass is 9.98. The van der Waals surface area contributed by atoms with Gasteiger partial charge in [0.15, 0.2) is 0 Å². The van der Waals surface area contributed by atoms with Crippen molar-refractivity contribution in [3.8, 4) is 0 Å². The molecule has 4 rings (SSSR count). The van der Waals surface area contributed by atoms with Crippen LogP contribution in [-0.2, 0) is 36.8 Å². The highest BCUT2D eigenvalue weighted by molar-refractivity contribution is 5.95. The van der Waals surface area contributed by atoms with Gasteiger partial charge in [-0.1, -0.05) is 74.5 Å². The number of carbonyl (C=O) groups is 5. The fourth-order valence-electron chi connectivity index (χ4n) is 7.43. The number of benzene rings is 2. The highest BCUT2D eigenvalue weighted by Gasteiger charge is 2.39. The van der Waals surface area contributed by atoms with Crippen molar-refractivity contribution >= 4 is 29.6 Å². The molecule has 2 saturated heterocycles. The number of amides is 4. The lowest BCUT2D eigenvalue weighted by molar-refractivity contribution is -0.144. The van der Waals surface area contributed by atoms with Crippen molar-refractivity contribution in [3.05, 3.63) is 71.8 Å². The van der Waals surface area contributed by atoms with E-state index in [1.54, 1.807) is 4.90 Å². The molecule has 13 heteroatoms. The number of nitrogens with zero attached hydrogens (tertiary/aromatic N) is 2. The van der Waals surface area contributed by atoms with Crippen molar-refractivity contribution in [2.45, 2.75) is 114 Å². The van der Waals surface area contributed by atoms with E-state index in [-0.39, 0.29) is 24.3 Å². The number of likely N-dealkylation sites (tertiary alicyclic amines) is 2. The molecule has 8 N–H and O–H groups in total. The van der Waals surface area contributed by atoms with E-state index < -0.39 is 53.9 Å². The molecule has 0 unspecified atom stereocenters. The van der Waals surface area contributed by atoms with Crippen LogP contribution in [0.4, 0.5) is 0 Å². The maximum Gasteiger partial charge on any atom is 0.320 e. The Kier molecular flexibility index (Phi) is 16.2. The molecule has 2 fully saturated rings. The summed E-state index contributed by atoms with van der Waals surface area (Å²) in [5.41, 5.74) is 13.8. The molecule has 2 heterocycles. The number of carbonyl (C=O) groups excluding carboxylic acids is 4. The molecule has 0 aliphatic carbocycles. The minimum absolute atomic E-state index is 0.0261. The van der Waals surface area contributed by atoms with Crippen molar-refractivity contribution in [1.29, 1.82) is 0 Å². The van der Waals surface area contributed by atoms with E-state index in [9.17, 15) is 29.1 Å². The van der Waals surface area contributed by atoms with Crippen molar-refractivity contribution in [2.24, 2.45) is 17.4 Å². The third kappa shape index (κ3) is 12.6. The van der Waals surface area contributed by atoms with Gasteiger partial charge in [-0.25, -0.2) is 0 Å². The molecule has 53 heavy (non-hydrogen) atoms. The number of hydrogen-bond acceptors (Lipinski definition) is 8. The van der Waals surface area contributed by atoms with Crippen LogP contribution in [0.2, 0.25) is 0 Å². The van der Waals surface area contributed by atoms with Crippen molar-refractivity contribution < 1.29 is 29.1 Å². The fourth-order valence-corrected chi connectivity index (χ4v) is 7.43. The van der Waals surface area contributed by atoms with E-state index in [0.717, 1.165) is 24.1 Å². The van der Waals surface area contributed by atoms with Gasteiger partial charge in [-0.05, 0) is 87.9 Å². The molecule has 13 nitrogen and oxygen atoms in total. The number of unbranched alkanes of at least 4 members (excludes halogenated alkanes) is 1. The predicted molar refractivity (Wildman–Crippen MR) is 203 cm³/mol. The largest absolute Gasteiger partial charge is 0.480 e. The van der Waals surface area contributed by atoms with Gasteiger partial charge in [0.2, 0.25) is 23.6 Å². The van der Waals surface area contributed by atoms with Gasteiger partial charge in [-0.3, -0.25) is 28.9 Å². The SMILES string of the molecule is CC(C)C[C@@H](NC(=O)[C@@H](Cc1ccccc1)NC(=O)[C@H](N)Cc1ccccc1)C(=O)N[C@H](CCCCN)C(=O)N1CCC(N2CCC[C@H]2C(=O)O)CC1. The maximum absolute atomic E-state index is 14.0. The quantitative estimate of drug-likeness (QED) is 0.117. The Morgan fingerprint density at radius 2 is 1.32 bits per heavy atom. The fraction of sp³-hybridized carbons (Fsp3) is 0.575. The van der Waals surface area contributed by atoms with Crippen LogP contribution in [0, 0.1) is 5.92 Å². The Morgan fingerprint density at radius 3 is 1.91 bits per heavy atom. The standard InChI is InChI=1S/C40H59N7O6/c1-27(2)24-33(45-38(50)34(26-29-14-7-4-8-15-29)44-36(48)31(42)25-28-12-5-3-6-13-28)37(49)43-32(16-9-10-20-41)39(51)46-22-18-30(19-23-46)47-21-11-17-35(47)40(52)53/h3-8,12-15,27,30-35H,9-11,16-26,41-42H2,1-2H3,(H,43,49)(H,44,48)(H,45,50)(H,52,53)/t31-,32-,33-,34-,35+/m1/s1. The van der Waals surface area contributed by atoms with E-state index >= 15 is 0 Å². The van der Waals surface area contributed by atoms with Crippen molar-refractivity contribution in [3.63, 3.8) is 0 Å². The number of aliphatic carboxylic acids is 1. The van der Waals surface area contributed by atoms with Gasteiger partial charge in [0.25, 0.3) is 0 Å². The zero-order chi connectivity index (χ0) is 38.3. The summed E-state index contributed by atoms with van der Waals surface area (Å²) in [6.45, 7) is 6.02. The van der Waals surface area contributed by atoms with Gasteiger partial charge in [0.1, 0.15) is 24.2 Å². The van der Waals surface area contributed by atoms with Gasteiger partial charge >= 0.3 is 5.97 Å². The smallest absolute Gasteiger partial charge is 0.320 e. The average molecular weight is 734 g/mol. The molecule has 0 saturated carbocycles. The van der Waals surface area contributed by atoms with Gasteiger partial charge in [0, 0.05) is 25.6 Å². The Balaban J connectivity index is 1.45. The van der Waals surface area contributed by atoms with Crippen LogP contribution in [0.15, 0.2) is 60.7 Å². The Morgan fingerprint density at radius 1 is 0.755 bits per heavy atom. The summed E-state index contributed by atoms with van der Waals surface area (Å²) in [6, 6.07) is 14.6.